The zero-order chi connectivity index (χ0) is 13.7. The van der Waals surface area contributed by atoms with Gasteiger partial charge in [-0.2, -0.15) is 0 Å². The Kier molecular flexibility index (Phi) is 4.08. The van der Waals surface area contributed by atoms with Crippen molar-refractivity contribution in [2.45, 2.75) is 6.92 Å². The second kappa shape index (κ2) is 5.96. The SMILES string of the molecule is COc1ccc(C)cc1C(=O)C=Cc1cccnc1. The number of hydrogen-bond donors (Lipinski definition) is 0. The molecule has 19 heavy (non-hydrogen) atoms. The Hall–Kier alpha value is -2.42. The topological polar surface area (TPSA) is 39.2 Å². The van der Waals surface area contributed by atoms with Crippen LogP contribution in [0.2, 0.25) is 0 Å². The molecule has 1 aromatic heterocycles. The fraction of sp³-hybridized carbons (Fsp3) is 0.125. The minimum absolute atomic E-state index is 0.0793. The lowest BCUT2D eigenvalue weighted by Gasteiger charge is -2.06. The van der Waals surface area contributed by atoms with E-state index in [0.29, 0.717) is 11.3 Å². The molecule has 0 aliphatic heterocycles. The summed E-state index contributed by atoms with van der Waals surface area (Å²) in [5.74, 6) is 0.510. The minimum Gasteiger partial charge on any atom is -0.496 e. The highest BCUT2D eigenvalue weighted by molar-refractivity contribution is 6.08. The Bertz CT molecular complexity index is 603. The van der Waals surface area contributed by atoms with E-state index in [1.165, 1.54) is 6.08 Å². The second-order valence-electron chi connectivity index (χ2n) is 4.19. The van der Waals surface area contributed by atoms with Crippen molar-refractivity contribution in [3.05, 3.63) is 65.5 Å². The normalized spacial score (nSPS) is 10.6. The Balaban J connectivity index is 2.25. The molecule has 3 heteroatoms. The monoisotopic (exact) mass is 253 g/mol. The molecule has 0 N–H and O–H groups in total. The lowest BCUT2D eigenvalue weighted by molar-refractivity contribution is 0.104. The van der Waals surface area contributed by atoms with E-state index < -0.39 is 0 Å². The number of allylic oxidation sites excluding steroid dienone is 1. The number of methoxy groups -OCH3 is 1. The standard InChI is InChI=1S/C16H15NO2/c1-12-5-8-16(19-2)14(10-12)15(18)7-6-13-4-3-9-17-11-13/h3-11H,1-2H3. The zero-order valence-electron chi connectivity index (χ0n) is 11.0. The number of benzene rings is 1. The lowest BCUT2D eigenvalue weighted by atomic mass is 10.1. The molecule has 0 atom stereocenters. The molecule has 0 radical (unpaired) electrons. The van der Waals surface area contributed by atoms with Gasteiger partial charge in [-0.05, 0) is 42.8 Å². The first-order chi connectivity index (χ1) is 9.20. The average Bonchev–Trinajstić information content (AvgIpc) is 2.46. The summed E-state index contributed by atoms with van der Waals surface area (Å²) < 4.78 is 5.21. The molecule has 0 saturated heterocycles. The van der Waals surface area contributed by atoms with Gasteiger partial charge < -0.3 is 4.74 Å². The third-order valence-electron chi connectivity index (χ3n) is 2.73. The Morgan fingerprint density at radius 3 is 2.84 bits per heavy atom. The molecule has 3 nitrogen and oxygen atoms in total. The quantitative estimate of drug-likeness (QED) is 0.620. The first-order valence-corrected chi connectivity index (χ1v) is 5.98. The summed E-state index contributed by atoms with van der Waals surface area (Å²) in [5, 5.41) is 0. The lowest BCUT2D eigenvalue weighted by Crippen LogP contribution is -1.99. The van der Waals surface area contributed by atoms with Crippen molar-refractivity contribution < 1.29 is 9.53 Å². The third-order valence-corrected chi connectivity index (χ3v) is 2.73. The van der Waals surface area contributed by atoms with Crippen LogP contribution >= 0.6 is 0 Å². The van der Waals surface area contributed by atoms with Gasteiger partial charge in [-0.1, -0.05) is 17.7 Å². The van der Waals surface area contributed by atoms with Crippen LogP contribution in [0.4, 0.5) is 0 Å². The third kappa shape index (κ3) is 3.28. The smallest absolute Gasteiger partial charge is 0.189 e. The van der Waals surface area contributed by atoms with Gasteiger partial charge in [0.15, 0.2) is 5.78 Å². The highest BCUT2D eigenvalue weighted by atomic mass is 16.5. The summed E-state index contributed by atoms with van der Waals surface area (Å²) >= 11 is 0. The number of ketones is 1. The van der Waals surface area contributed by atoms with Crippen LogP contribution in [-0.4, -0.2) is 17.9 Å². The van der Waals surface area contributed by atoms with Crippen LogP contribution in [0.5, 0.6) is 5.75 Å². The predicted molar refractivity (Wildman–Crippen MR) is 75.3 cm³/mol. The van der Waals surface area contributed by atoms with Crippen LogP contribution in [0.3, 0.4) is 0 Å². The van der Waals surface area contributed by atoms with Crippen molar-refractivity contribution in [1.82, 2.24) is 4.98 Å². The highest BCUT2D eigenvalue weighted by Gasteiger charge is 2.09. The summed E-state index contributed by atoms with van der Waals surface area (Å²) in [6.07, 6.45) is 6.69. The van der Waals surface area contributed by atoms with Gasteiger partial charge in [0.05, 0.1) is 12.7 Å². The van der Waals surface area contributed by atoms with E-state index >= 15 is 0 Å². The molecule has 2 aromatic rings. The summed E-state index contributed by atoms with van der Waals surface area (Å²) in [7, 11) is 1.56. The van der Waals surface area contributed by atoms with E-state index in [0.717, 1.165) is 11.1 Å². The number of ether oxygens (including phenoxy) is 1. The highest BCUT2D eigenvalue weighted by Crippen LogP contribution is 2.20. The van der Waals surface area contributed by atoms with E-state index in [1.807, 2.05) is 31.2 Å². The van der Waals surface area contributed by atoms with Crippen LogP contribution in [0, 0.1) is 6.92 Å². The summed E-state index contributed by atoms with van der Waals surface area (Å²) in [5.41, 5.74) is 2.49. The van der Waals surface area contributed by atoms with Crippen molar-refractivity contribution in [2.24, 2.45) is 0 Å². The largest absolute Gasteiger partial charge is 0.496 e. The van der Waals surface area contributed by atoms with Crippen LogP contribution in [0.1, 0.15) is 21.5 Å². The molecule has 2 rings (SSSR count). The first-order valence-electron chi connectivity index (χ1n) is 5.98. The molecule has 0 fully saturated rings. The minimum atomic E-state index is -0.0793. The number of carbonyl (C=O) groups excluding carboxylic acids is 1. The van der Waals surface area contributed by atoms with Gasteiger partial charge in [-0.25, -0.2) is 0 Å². The van der Waals surface area contributed by atoms with Crippen LogP contribution in [0.25, 0.3) is 6.08 Å². The van der Waals surface area contributed by atoms with Gasteiger partial charge in [0, 0.05) is 12.4 Å². The molecule has 0 aliphatic carbocycles. The maximum Gasteiger partial charge on any atom is 0.189 e. The molecular formula is C16H15NO2. The maximum atomic E-state index is 12.2. The number of hydrogen-bond acceptors (Lipinski definition) is 3. The van der Waals surface area contributed by atoms with E-state index in [-0.39, 0.29) is 5.78 Å². The average molecular weight is 253 g/mol. The zero-order valence-corrected chi connectivity index (χ0v) is 11.0. The predicted octanol–water partition coefficient (Wildman–Crippen LogP) is 3.29. The summed E-state index contributed by atoms with van der Waals surface area (Å²) in [6.45, 7) is 1.95. The fourth-order valence-corrected chi connectivity index (χ4v) is 1.75. The van der Waals surface area contributed by atoms with Gasteiger partial charge in [-0.15, -0.1) is 0 Å². The van der Waals surface area contributed by atoms with Gasteiger partial charge in [0.25, 0.3) is 0 Å². The number of rotatable bonds is 4. The van der Waals surface area contributed by atoms with Crippen molar-refractivity contribution in [2.75, 3.05) is 7.11 Å². The van der Waals surface area contributed by atoms with Crippen LogP contribution < -0.4 is 4.74 Å². The molecule has 0 amide bonds. The van der Waals surface area contributed by atoms with E-state index in [1.54, 1.807) is 31.6 Å². The molecule has 1 aromatic carbocycles. The summed E-state index contributed by atoms with van der Waals surface area (Å²) in [4.78, 5) is 16.2. The molecule has 0 saturated carbocycles. The first kappa shape index (κ1) is 13.0. The van der Waals surface area contributed by atoms with Crippen LogP contribution in [-0.2, 0) is 0 Å². The fourth-order valence-electron chi connectivity index (χ4n) is 1.75. The Morgan fingerprint density at radius 2 is 2.16 bits per heavy atom. The second-order valence-corrected chi connectivity index (χ2v) is 4.19. The van der Waals surface area contributed by atoms with Gasteiger partial charge in [-0.3, -0.25) is 9.78 Å². The van der Waals surface area contributed by atoms with Gasteiger partial charge >= 0.3 is 0 Å². The van der Waals surface area contributed by atoms with Crippen molar-refractivity contribution >= 4 is 11.9 Å². The number of aryl methyl sites for hydroxylation is 1. The van der Waals surface area contributed by atoms with Crippen molar-refractivity contribution in [3.63, 3.8) is 0 Å². The molecule has 0 unspecified atom stereocenters. The summed E-state index contributed by atoms with van der Waals surface area (Å²) in [6, 6.07) is 9.28. The molecule has 1 heterocycles. The Morgan fingerprint density at radius 1 is 1.32 bits per heavy atom. The number of carbonyl (C=O) groups is 1. The maximum absolute atomic E-state index is 12.2. The van der Waals surface area contributed by atoms with Crippen molar-refractivity contribution in [3.8, 4) is 5.75 Å². The Labute approximate surface area is 112 Å². The number of aromatic nitrogens is 1. The van der Waals surface area contributed by atoms with Gasteiger partial charge in [0.1, 0.15) is 5.75 Å². The molecule has 0 bridgehead atoms. The number of pyridine rings is 1. The molecular weight excluding hydrogens is 238 g/mol. The molecule has 96 valence electrons. The van der Waals surface area contributed by atoms with E-state index in [2.05, 4.69) is 4.98 Å². The van der Waals surface area contributed by atoms with Crippen molar-refractivity contribution in [1.29, 1.82) is 0 Å². The number of nitrogens with zero attached hydrogens (tertiary/aromatic N) is 1. The van der Waals surface area contributed by atoms with E-state index in [9.17, 15) is 4.79 Å². The van der Waals surface area contributed by atoms with E-state index in [4.69, 9.17) is 4.74 Å². The molecule has 0 spiro atoms. The molecule has 0 aliphatic rings. The van der Waals surface area contributed by atoms with Crippen LogP contribution in [0.15, 0.2) is 48.8 Å². The van der Waals surface area contributed by atoms with Gasteiger partial charge in [0.2, 0.25) is 0 Å².